The van der Waals surface area contributed by atoms with Crippen LogP contribution in [0.15, 0.2) is 37.1 Å². The van der Waals surface area contributed by atoms with Crippen molar-refractivity contribution in [2.75, 3.05) is 11.9 Å². The molecule has 28 heavy (non-hydrogen) atoms. The summed E-state index contributed by atoms with van der Waals surface area (Å²) in [7, 11) is 0. The zero-order chi connectivity index (χ0) is 19.6. The van der Waals surface area contributed by atoms with E-state index in [-0.39, 0.29) is 30.8 Å². The van der Waals surface area contributed by atoms with Crippen molar-refractivity contribution < 1.29 is 14.4 Å². The van der Waals surface area contributed by atoms with E-state index in [4.69, 9.17) is 0 Å². The molecule has 1 spiro atoms. The SMILES string of the molecule is O=C(CCCN1C(=O)NC2(CCCC2)C1=O)Nc1ccc(-n2ccnc2)nc1. The molecular weight excluding hydrogens is 360 g/mol. The van der Waals surface area contributed by atoms with Gasteiger partial charge >= 0.3 is 6.03 Å². The lowest BCUT2D eigenvalue weighted by Crippen LogP contribution is -2.44. The van der Waals surface area contributed by atoms with Crippen LogP contribution in [0.5, 0.6) is 0 Å². The summed E-state index contributed by atoms with van der Waals surface area (Å²) >= 11 is 0. The first-order valence-corrected chi connectivity index (χ1v) is 9.46. The number of nitrogens with one attached hydrogen (secondary N) is 2. The molecule has 0 unspecified atom stereocenters. The molecule has 0 atom stereocenters. The Hall–Kier alpha value is -3.23. The summed E-state index contributed by atoms with van der Waals surface area (Å²) in [5.74, 6) is 0.379. The van der Waals surface area contributed by atoms with E-state index in [1.807, 2.05) is 0 Å². The van der Waals surface area contributed by atoms with Crippen LogP contribution in [0.1, 0.15) is 38.5 Å². The molecule has 1 aliphatic heterocycles. The number of carbonyl (C=O) groups excluding carboxylic acids is 3. The van der Waals surface area contributed by atoms with Crippen LogP contribution < -0.4 is 10.6 Å². The Morgan fingerprint density at radius 3 is 2.75 bits per heavy atom. The van der Waals surface area contributed by atoms with E-state index in [2.05, 4.69) is 20.6 Å². The standard InChI is InChI=1S/C19H22N6O3/c26-16(22-14-5-6-15(21-12-14)24-11-9-20-13-24)4-3-10-25-17(27)19(23-18(25)28)7-1-2-8-19/h5-6,9,11-13H,1-4,7-8,10H2,(H,22,26)(H,23,28). The summed E-state index contributed by atoms with van der Waals surface area (Å²) in [6, 6.07) is 3.21. The fourth-order valence-corrected chi connectivity index (χ4v) is 3.83. The topological polar surface area (TPSA) is 109 Å². The van der Waals surface area contributed by atoms with Crippen LogP contribution in [-0.4, -0.2) is 49.4 Å². The Balaban J connectivity index is 1.26. The monoisotopic (exact) mass is 382 g/mol. The average Bonchev–Trinajstić information content (AvgIpc) is 3.41. The van der Waals surface area contributed by atoms with Crippen molar-refractivity contribution in [3.8, 4) is 5.82 Å². The Bertz CT molecular complexity index is 872. The molecule has 3 heterocycles. The summed E-state index contributed by atoms with van der Waals surface area (Å²) in [6.07, 6.45) is 10.6. The maximum absolute atomic E-state index is 12.6. The van der Waals surface area contributed by atoms with Crippen molar-refractivity contribution >= 4 is 23.5 Å². The predicted molar refractivity (Wildman–Crippen MR) is 101 cm³/mol. The minimum absolute atomic E-state index is 0.144. The molecule has 2 aromatic heterocycles. The highest BCUT2D eigenvalue weighted by atomic mass is 16.2. The van der Waals surface area contributed by atoms with Gasteiger partial charge in [-0.05, 0) is 31.4 Å². The summed E-state index contributed by atoms with van der Waals surface area (Å²) in [5.41, 5.74) is -0.101. The van der Waals surface area contributed by atoms with Crippen LogP contribution in [0.4, 0.5) is 10.5 Å². The lowest BCUT2D eigenvalue weighted by molar-refractivity contribution is -0.131. The molecule has 0 radical (unpaired) electrons. The van der Waals surface area contributed by atoms with Crippen LogP contribution in [-0.2, 0) is 9.59 Å². The average molecular weight is 382 g/mol. The zero-order valence-corrected chi connectivity index (χ0v) is 15.4. The molecule has 9 heteroatoms. The van der Waals surface area contributed by atoms with Gasteiger partial charge in [-0.15, -0.1) is 0 Å². The highest BCUT2D eigenvalue weighted by Crippen LogP contribution is 2.35. The van der Waals surface area contributed by atoms with Gasteiger partial charge in [0.1, 0.15) is 17.7 Å². The predicted octanol–water partition coefficient (Wildman–Crippen LogP) is 1.85. The van der Waals surface area contributed by atoms with E-state index in [1.54, 1.807) is 41.6 Å². The third kappa shape index (κ3) is 3.47. The number of hydrogen-bond acceptors (Lipinski definition) is 5. The number of anilines is 1. The third-order valence-electron chi connectivity index (χ3n) is 5.29. The zero-order valence-electron chi connectivity index (χ0n) is 15.4. The smallest absolute Gasteiger partial charge is 0.325 e. The van der Waals surface area contributed by atoms with Gasteiger partial charge in [0.05, 0.1) is 11.9 Å². The first-order chi connectivity index (χ1) is 13.6. The van der Waals surface area contributed by atoms with Crippen molar-refractivity contribution in [1.82, 2.24) is 24.8 Å². The first kappa shape index (κ1) is 18.1. The van der Waals surface area contributed by atoms with Gasteiger partial charge in [-0.2, -0.15) is 0 Å². The Morgan fingerprint density at radius 1 is 1.25 bits per heavy atom. The van der Waals surface area contributed by atoms with Crippen LogP contribution in [0.25, 0.3) is 5.82 Å². The lowest BCUT2D eigenvalue weighted by Gasteiger charge is -2.19. The van der Waals surface area contributed by atoms with Crippen molar-refractivity contribution in [3.63, 3.8) is 0 Å². The molecule has 1 aliphatic carbocycles. The maximum atomic E-state index is 12.6. The number of urea groups is 1. The van der Waals surface area contributed by atoms with Crippen molar-refractivity contribution in [1.29, 1.82) is 0 Å². The number of hydrogen-bond donors (Lipinski definition) is 2. The van der Waals surface area contributed by atoms with Gasteiger partial charge in [0, 0.05) is 25.4 Å². The molecule has 1 saturated heterocycles. The molecule has 146 valence electrons. The molecule has 2 N–H and O–H groups in total. The van der Waals surface area contributed by atoms with Gasteiger partial charge in [-0.25, -0.2) is 14.8 Å². The number of nitrogens with zero attached hydrogens (tertiary/aromatic N) is 4. The van der Waals surface area contributed by atoms with Crippen LogP contribution in [0.2, 0.25) is 0 Å². The summed E-state index contributed by atoms with van der Waals surface area (Å²) < 4.78 is 1.76. The Labute approximate surface area is 162 Å². The van der Waals surface area contributed by atoms with E-state index < -0.39 is 5.54 Å². The summed E-state index contributed by atoms with van der Waals surface area (Å²) in [4.78, 5) is 46.3. The minimum Gasteiger partial charge on any atom is -0.325 e. The minimum atomic E-state index is -0.692. The fourth-order valence-electron chi connectivity index (χ4n) is 3.83. The second kappa shape index (κ2) is 7.41. The molecular formula is C19H22N6O3. The van der Waals surface area contributed by atoms with Crippen molar-refractivity contribution in [2.24, 2.45) is 0 Å². The molecule has 4 amide bonds. The van der Waals surface area contributed by atoms with E-state index in [1.165, 1.54) is 4.90 Å². The van der Waals surface area contributed by atoms with Crippen molar-refractivity contribution in [3.05, 3.63) is 37.1 Å². The third-order valence-corrected chi connectivity index (χ3v) is 5.29. The summed E-state index contributed by atoms with van der Waals surface area (Å²) in [5, 5.41) is 5.63. The van der Waals surface area contributed by atoms with Crippen molar-refractivity contribution in [2.45, 2.75) is 44.1 Å². The van der Waals surface area contributed by atoms with Gasteiger partial charge in [-0.1, -0.05) is 12.8 Å². The lowest BCUT2D eigenvalue weighted by atomic mass is 9.98. The number of imidazole rings is 1. The maximum Gasteiger partial charge on any atom is 0.325 e. The molecule has 1 saturated carbocycles. The highest BCUT2D eigenvalue weighted by molar-refractivity contribution is 6.07. The van der Waals surface area contributed by atoms with E-state index in [9.17, 15) is 14.4 Å². The van der Waals surface area contributed by atoms with Crippen LogP contribution >= 0.6 is 0 Å². The van der Waals surface area contributed by atoms with Gasteiger partial charge in [-0.3, -0.25) is 19.1 Å². The molecule has 2 aromatic rings. The summed E-state index contributed by atoms with van der Waals surface area (Å²) in [6.45, 7) is 0.248. The molecule has 2 aliphatic rings. The normalized spacial score (nSPS) is 17.9. The fraction of sp³-hybridized carbons (Fsp3) is 0.421. The molecule has 9 nitrogen and oxygen atoms in total. The molecule has 0 aromatic carbocycles. The Kier molecular flexibility index (Phi) is 4.81. The van der Waals surface area contributed by atoms with Gasteiger partial charge in [0.2, 0.25) is 5.91 Å². The second-order valence-electron chi connectivity index (χ2n) is 7.20. The van der Waals surface area contributed by atoms with E-state index in [0.717, 1.165) is 12.8 Å². The molecule has 4 rings (SSSR count). The van der Waals surface area contributed by atoms with Gasteiger partial charge in [0.25, 0.3) is 5.91 Å². The second-order valence-corrected chi connectivity index (χ2v) is 7.20. The quantitative estimate of drug-likeness (QED) is 0.741. The number of pyridine rings is 1. The van der Waals surface area contributed by atoms with Crippen LogP contribution in [0, 0.1) is 0 Å². The first-order valence-electron chi connectivity index (χ1n) is 9.46. The number of aromatic nitrogens is 3. The number of amides is 4. The van der Waals surface area contributed by atoms with Gasteiger partial charge < -0.3 is 10.6 Å². The van der Waals surface area contributed by atoms with E-state index in [0.29, 0.717) is 30.8 Å². The van der Waals surface area contributed by atoms with Crippen LogP contribution in [0.3, 0.4) is 0 Å². The number of rotatable bonds is 6. The largest absolute Gasteiger partial charge is 0.325 e. The molecule has 2 fully saturated rings. The Morgan fingerprint density at radius 2 is 2.07 bits per heavy atom. The van der Waals surface area contributed by atoms with Gasteiger partial charge in [0.15, 0.2) is 0 Å². The number of imide groups is 1. The highest BCUT2D eigenvalue weighted by Gasteiger charge is 2.51. The van der Waals surface area contributed by atoms with E-state index >= 15 is 0 Å². The number of carbonyl (C=O) groups is 3. The molecule has 0 bridgehead atoms.